The van der Waals surface area contributed by atoms with Gasteiger partial charge in [0.05, 0.1) is 13.5 Å². The van der Waals surface area contributed by atoms with Crippen molar-refractivity contribution in [3.63, 3.8) is 0 Å². The van der Waals surface area contributed by atoms with Crippen LogP contribution in [0.5, 0.6) is 5.75 Å². The molecule has 0 spiro atoms. The maximum absolute atomic E-state index is 11.7. The van der Waals surface area contributed by atoms with Gasteiger partial charge in [-0.15, -0.1) is 0 Å². The molecule has 4 nitrogen and oxygen atoms in total. The second kappa shape index (κ2) is 5.68. The van der Waals surface area contributed by atoms with Crippen molar-refractivity contribution >= 4 is 5.91 Å². The Morgan fingerprint density at radius 1 is 1.29 bits per heavy atom. The van der Waals surface area contributed by atoms with Crippen molar-refractivity contribution in [3.05, 3.63) is 29.8 Å². The lowest BCUT2D eigenvalue weighted by atomic mass is 10.1. The highest BCUT2D eigenvalue weighted by Crippen LogP contribution is 2.12. The monoisotopic (exact) mass is 234 g/mol. The highest BCUT2D eigenvalue weighted by Gasteiger charge is 2.13. The Kier molecular flexibility index (Phi) is 3.98. The maximum Gasteiger partial charge on any atom is 0.238 e. The summed E-state index contributed by atoms with van der Waals surface area (Å²) in [5.74, 6) is 0.866. The van der Waals surface area contributed by atoms with Gasteiger partial charge in [-0.05, 0) is 30.5 Å². The smallest absolute Gasteiger partial charge is 0.238 e. The predicted molar refractivity (Wildman–Crippen MR) is 65.6 cm³/mol. The average molecular weight is 234 g/mol. The number of ether oxygens (including phenoxy) is 1. The highest BCUT2D eigenvalue weighted by molar-refractivity contribution is 5.78. The van der Waals surface area contributed by atoms with E-state index in [1.54, 1.807) is 7.11 Å². The topological polar surface area (TPSA) is 41.6 Å². The summed E-state index contributed by atoms with van der Waals surface area (Å²) in [7, 11) is 1.63. The van der Waals surface area contributed by atoms with Gasteiger partial charge in [0.2, 0.25) is 5.91 Å². The van der Waals surface area contributed by atoms with Crippen molar-refractivity contribution in [2.75, 3.05) is 20.2 Å². The van der Waals surface area contributed by atoms with Crippen LogP contribution in [0.3, 0.4) is 0 Å². The fourth-order valence-electron chi connectivity index (χ4n) is 1.97. The van der Waals surface area contributed by atoms with Crippen LogP contribution in [-0.4, -0.2) is 31.1 Å². The molecule has 1 aliphatic heterocycles. The molecule has 1 heterocycles. The van der Waals surface area contributed by atoms with E-state index in [0.717, 1.165) is 24.4 Å². The average Bonchev–Trinajstić information content (AvgIpc) is 2.82. The molecule has 1 fully saturated rings. The molecule has 1 aromatic carbocycles. The second-order valence-corrected chi connectivity index (χ2v) is 4.25. The van der Waals surface area contributed by atoms with Gasteiger partial charge in [-0.2, -0.15) is 0 Å². The summed E-state index contributed by atoms with van der Waals surface area (Å²) in [6.45, 7) is 1.93. The number of amides is 1. The number of benzene rings is 1. The van der Waals surface area contributed by atoms with E-state index in [-0.39, 0.29) is 5.91 Å². The molecule has 1 saturated heterocycles. The number of carbonyl (C=O) groups excluding carboxylic acids is 1. The lowest BCUT2D eigenvalue weighted by Gasteiger charge is -2.16. The van der Waals surface area contributed by atoms with Gasteiger partial charge < -0.3 is 4.74 Å². The first-order valence-electron chi connectivity index (χ1n) is 5.95. The summed E-state index contributed by atoms with van der Waals surface area (Å²) in [5.41, 5.74) is 3.92. The second-order valence-electron chi connectivity index (χ2n) is 4.25. The number of nitrogens with zero attached hydrogens (tertiary/aromatic N) is 1. The molecule has 1 aromatic rings. The molecule has 1 amide bonds. The van der Waals surface area contributed by atoms with E-state index >= 15 is 0 Å². The summed E-state index contributed by atoms with van der Waals surface area (Å²) in [4.78, 5) is 11.7. The number of hydrogen-bond acceptors (Lipinski definition) is 3. The summed E-state index contributed by atoms with van der Waals surface area (Å²) in [6.07, 6.45) is 2.76. The van der Waals surface area contributed by atoms with Crippen LogP contribution in [-0.2, 0) is 11.2 Å². The highest BCUT2D eigenvalue weighted by atomic mass is 16.5. The first-order chi connectivity index (χ1) is 8.28. The van der Waals surface area contributed by atoms with Gasteiger partial charge in [0.25, 0.3) is 0 Å². The van der Waals surface area contributed by atoms with Crippen LogP contribution in [0.15, 0.2) is 24.3 Å². The quantitative estimate of drug-likeness (QED) is 0.855. The summed E-state index contributed by atoms with van der Waals surface area (Å²) in [6, 6.07) is 7.59. The first kappa shape index (κ1) is 11.9. The van der Waals surface area contributed by atoms with Gasteiger partial charge in [0.1, 0.15) is 5.75 Å². The standard InChI is InChI=1S/C13H18N2O2/c1-17-12-6-4-11(5-7-12)10-13(16)14-15-8-2-3-9-15/h4-7H,2-3,8-10H2,1H3,(H,14,16). The van der Waals surface area contributed by atoms with E-state index in [1.807, 2.05) is 29.3 Å². The molecular formula is C13H18N2O2. The van der Waals surface area contributed by atoms with Crippen LogP contribution < -0.4 is 10.2 Å². The molecular weight excluding hydrogens is 216 g/mol. The third-order valence-corrected chi connectivity index (χ3v) is 2.91. The fourth-order valence-corrected chi connectivity index (χ4v) is 1.97. The normalized spacial score (nSPS) is 15.8. The number of hydrogen-bond donors (Lipinski definition) is 1. The van der Waals surface area contributed by atoms with Crippen molar-refractivity contribution in [2.45, 2.75) is 19.3 Å². The maximum atomic E-state index is 11.7. The number of nitrogens with one attached hydrogen (secondary N) is 1. The Labute approximate surface area is 102 Å². The molecule has 0 atom stereocenters. The van der Waals surface area contributed by atoms with E-state index in [9.17, 15) is 4.79 Å². The minimum atomic E-state index is 0.0528. The van der Waals surface area contributed by atoms with E-state index in [2.05, 4.69) is 5.43 Å². The van der Waals surface area contributed by atoms with E-state index in [0.29, 0.717) is 6.42 Å². The Morgan fingerprint density at radius 2 is 1.94 bits per heavy atom. The zero-order valence-electron chi connectivity index (χ0n) is 10.1. The van der Waals surface area contributed by atoms with E-state index < -0.39 is 0 Å². The first-order valence-corrected chi connectivity index (χ1v) is 5.95. The number of hydrazine groups is 1. The van der Waals surface area contributed by atoms with Gasteiger partial charge in [-0.3, -0.25) is 10.2 Å². The van der Waals surface area contributed by atoms with Gasteiger partial charge >= 0.3 is 0 Å². The van der Waals surface area contributed by atoms with Crippen molar-refractivity contribution < 1.29 is 9.53 Å². The summed E-state index contributed by atoms with van der Waals surface area (Å²) >= 11 is 0. The third kappa shape index (κ3) is 3.46. The molecule has 4 heteroatoms. The Bertz CT molecular complexity index is 370. The van der Waals surface area contributed by atoms with Crippen molar-refractivity contribution in [2.24, 2.45) is 0 Å². The molecule has 0 aromatic heterocycles. The molecule has 2 rings (SSSR count). The summed E-state index contributed by atoms with van der Waals surface area (Å²) < 4.78 is 5.07. The van der Waals surface area contributed by atoms with Crippen LogP contribution >= 0.6 is 0 Å². The minimum Gasteiger partial charge on any atom is -0.497 e. The molecule has 17 heavy (non-hydrogen) atoms. The lowest BCUT2D eigenvalue weighted by molar-refractivity contribution is -0.124. The van der Waals surface area contributed by atoms with Crippen LogP contribution in [0.4, 0.5) is 0 Å². The predicted octanol–water partition coefficient (Wildman–Crippen LogP) is 1.36. The Hall–Kier alpha value is -1.55. The van der Waals surface area contributed by atoms with E-state index in [4.69, 9.17) is 4.74 Å². The van der Waals surface area contributed by atoms with Crippen LogP contribution in [0.2, 0.25) is 0 Å². The van der Waals surface area contributed by atoms with Crippen LogP contribution in [0.1, 0.15) is 18.4 Å². The van der Waals surface area contributed by atoms with Crippen molar-refractivity contribution in [1.82, 2.24) is 10.4 Å². The zero-order chi connectivity index (χ0) is 12.1. The summed E-state index contributed by atoms with van der Waals surface area (Å²) in [5, 5.41) is 1.99. The largest absolute Gasteiger partial charge is 0.497 e. The number of methoxy groups -OCH3 is 1. The number of carbonyl (C=O) groups is 1. The minimum absolute atomic E-state index is 0.0528. The lowest BCUT2D eigenvalue weighted by Crippen LogP contribution is -2.40. The van der Waals surface area contributed by atoms with Crippen molar-refractivity contribution in [1.29, 1.82) is 0 Å². The zero-order valence-corrected chi connectivity index (χ0v) is 10.1. The molecule has 92 valence electrons. The van der Waals surface area contributed by atoms with Gasteiger partial charge in [-0.1, -0.05) is 12.1 Å². The molecule has 1 aliphatic rings. The molecule has 0 unspecified atom stereocenters. The fraction of sp³-hybridized carbons (Fsp3) is 0.462. The van der Waals surface area contributed by atoms with Crippen LogP contribution in [0.25, 0.3) is 0 Å². The van der Waals surface area contributed by atoms with E-state index in [1.165, 1.54) is 12.8 Å². The SMILES string of the molecule is COc1ccc(CC(=O)NN2CCCC2)cc1. The van der Waals surface area contributed by atoms with Crippen LogP contribution in [0, 0.1) is 0 Å². The van der Waals surface area contributed by atoms with Gasteiger partial charge in [0, 0.05) is 13.1 Å². The Balaban J connectivity index is 1.84. The van der Waals surface area contributed by atoms with Crippen molar-refractivity contribution in [3.8, 4) is 5.75 Å². The van der Waals surface area contributed by atoms with Gasteiger partial charge in [0.15, 0.2) is 0 Å². The Morgan fingerprint density at radius 3 is 2.53 bits per heavy atom. The molecule has 0 radical (unpaired) electrons. The number of rotatable bonds is 4. The third-order valence-electron chi connectivity index (χ3n) is 2.91. The van der Waals surface area contributed by atoms with Gasteiger partial charge in [-0.25, -0.2) is 5.01 Å². The molecule has 1 N–H and O–H groups in total. The molecule has 0 bridgehead atoms. The molecule has 0 aliphatic carbocycles. The molecule has 0 saturated carbocycles.